The summed E-state index contributed by atoms with van der Waals surface area (Å²) in [4.78, 5) is 22.8. The number of aliphatic carboxylic acids is 1. The first-order valence-corrected chi connectivity index (χ1v) is 6.15. The largest absolute Gasteiger partial charge is 0.480 e. The maximum absolute atomic E-state index is 11.9. The predicted octanol–water partition coefficient (Wildman–Crippen LogP) is 1.40. The second-order valence-electron chi connectivity index (χ2n) is 5.09. The molecule has 2 fully saturated rings. The van der Waals surface area contributed by atoms with Crippen LogP contribution in [0.5, 0.6) is 0 Å². The maximum Gasteiger partial charge on any atom is 0.326 e. The molecule has 2 rings (SSSR count). The van der Waals surface area contributed by atoms with Gasteiger partial charge in [-0.25, -0.2) is 4.79 Å². The SMILES string of the molecule is CCC(NC(=O)C1CC2CCC1C2)C(=O)O. The summed E-state index contributed by atoms with van der Waals surface area (Å²) in [7, 11) is 0. The van der Waals surface area contributed by atoms with Crippen LogP contribution in [0.3, 0.4) is 0 Å². The van der Waals surface area contributed by atoms with Gasteiger partial charge in [-0.05, 0) is 37.5 Å². The van der Waals surface area contributed by atoms with Gasteiger partial charge in [-0.1, -0.05) is 13.3 Å². The fourth-order valence-corrected chi connectivity index (χ4v) is 3.18. The topological polar surface area (TPSA) is 66.4 Å². The summed E-state index contributed by atoms with van der Waals surface area (Å²) in [6.07, 6.45) is 4.98. The molecule has 0 saturated heterocycles. The van der Waals surface area contributed by atoms with E-state index in [1.807, 2.05) is 0 Å². The van der Waals surface area contributed by atoms with Gasteiger partial charge in [0.05, 0.1) is 0 Å². The molecule has 2 saturated carbocycles. The van der Waals surface area contributed by atoms with E-state index in [9.17, 15) is 9.59 Å². The standard InChI is InChI=1S/C12H19NO3/c1-2-10(12(15)16)13-11(14)9-6-7-3-4-8(9)5-7/h7-10H,2-6H2,1H3,(H,13,14)(H,15,16). The van der Waals surface area contributed by atoms with E-state index < -0.39 is 12.0 Å². The molecule has 2 bridgehead atoms. The molecule has 1 amide bonds. The number of carbonyl (C=O) groups excluding carboxylic acids is 1. The predicted molar refractivity (Wildman–Crippen MR) is 58.8 cm³/mol. The zero-order valence-corrected chi connectivity index (χ0v) is 9.61. The number of fused-ring (bicyclic) bond motifs is 2. The summed E-state index contributed by atoms with van der Waals surface area (Å²) in [6, 6.07) is -0.716. The van der Waals surface area contributed by atoms with Crippen molar-refractivity contribution in [2.45, 2.75) is 45.1 Å². The van der Waals surface area contributed by atoms with Crippen LogP contribution < -0.4 is 5.32 Å². The highest BCUT2D eigenvalue weighted by Crippen LogP contribution is 2.48. The van der Waals surface area contributed by atoms with Crippen LogP contribution in [0.25, 0.3) is 0 Å². The number of hydrogen-bond donors (Lipinski definition) is 2. The van der Waals surface area contributed by atoms with Gasteiger partial charge >= 0.3 is 5.97 Å². The number of carboxylic acids is 1. The Kier molecular flexibility index (Phi) is 3.17. The third kappa shape index (κ3) is 2.06. The minimum absolute atomic E-state index is 0.0403. The Labute approximate surface area is 95.4 Å². The van der Waals surface area contributed by atoms with E-state index in [-0.39, 0.29) is 11.8 Å². The van der Waals surface area contributed by atoms with Gasteiger partial charge in [-0.15, -0.1) is 0 Å². The summed E-state index contributed by atoms with van der Waals surface area (Å²) in [5.74, 6) is 0.328. The molecule has 4 atom stereocenters. The van der Waals surface area contributed by atoms with Gasteiger partial charge in [-0.2, -0.15) is 0 Å². The zero-order chi connectivity index (χ0) is 11.7. The van der Waals surface area contributed by atoms with Crippen molar-refractivity contribution in [2.75, 3.05) is 0 Å². The van der Waals surface area contributed by atoms with Crippen molar-refractivity contribution in [3.8, 4) is 0 Å². The Morgan fingerprint density at radius 3 is 2.56 bits per heavy atom. The Bertz CT molecular complexity index is 303. The van der Waals surface area contributed by atoms with Crippen LogP contribution in [-0.4, -0.2) is 23.0 Å². The molecule has 16 heavy (non-hydrogen) atoms. The molecule has 4 nitrogen and oxygen atoms in total. The minimum atomic E-state index is -0.931. The maximum atomic E-state index is 11.9. The second-order valence-corrected chi connectivity index (χ2v) is 5.09. The third-order valence-corrected chi connectivity index (χ3v) is 4.10. The summed E-state index contributed by atoms with van der Waals surface area (Å²) >= 11 is 0. The third-order valence-electron chi connectivity index (χ3n) is 4.10. The smallest absolute Gasteiger partial charge is 0.326 e. The van der Waals surface area contributed by atoms with Gasteiger partial charge in [0.25, 0.3) is 0 Å². The van der Waals surface area contributed by atoms with Crippen LogP contribution in [-0.2, 0) is 9.59 Å². The van der Waals surface area contributed by atoms with Gasteiger partial charge in [0.1, 0.15) is 6.04 Å². The van der Waals surface area contributed by atoms with Crippen LogP contribution in [0.2, 0.25) is 0 Å². The molecule has 4 heteroatoms. The van der Waals surface area contributed by atoms with E-state index in [2.05, 4.69) is 5.32 Å². The summed E-state index contributed by atoms with van der Waals surface area (Å²) in [6.45, 7) is 1.78. The number of carboxylic acid groups (broad SMARTS) is 1. The Morgan fingerprint density at radius 2 is 2.12 bits per heavy atom. The molecule has 2 aliphatic rings. The molecule has 2 aliphatic carbocycles. The Balaban J connectivity index is 1.90. The van der Waals surface area contributed by atoms with Crippen molar-refractivity contribution in [1.29, 1.82) is 0 Å². The van der Waals surface area contributed by atoms with Gasteiger partial charge in [0, 0.05) is 5.92 Å². The quantitative estimate of drug-likeness (QED) is 0.760. The van der Waals surface area contributed by atoms with Crippen LogP contribution in [0.15, 0.2) is 0 Å². The highest BCUT2D eigenvalue weighted by atomic mass is 16.4. The Hall–Kier alpha value is -1.06. The first kappa shape index (κ1) is 11.4. The lowest BCUT2D eigenvalue weighted by molar-refractivity contribution is -0.142. The molecule has 0 spiro atoms. The van der Waals surface area contributed by atoms with E-state index in [1.165, 1.54) is 12.8 Å². The lowest BCUT2D eigenvalue weighted by atomic mass is 9.88. The molecule has 90 valence electrons. The molecule has 0 aliphatic heterocycles. The van der Waals surface area contributed by atoms with Crippen LogP contribution >= 0.6 is 0 Å². The molecule has 2 N–H and O–H groups in total. The van der Waals surface area contributed by atoms with Crippen molar-refractivity contribution in [3.05, 3.63) is 0 Å². The molecule has 0 aromatic carbocycles. The van der Waals surface area contributed by atoms with Crippen LogP contribution in [0, 0.1) is 17.8 Å². The number of nitrogens with one attached hydrogen (secondary N) is 1. The fraction of sp³-hybridized carbons (Fsp3) is 0.833. The van der Waals surface area contributed by atoms with Gasteiger partial charge < -0.3 is 10.4 Å². The number of carbonyl (C=O) groups is 2. The van der Waals surface area contributed by atoms with E-state index in [0.717, 1.165) is 12.8 Å². The van der Waals surface area contributed by atoms with E-state index >= 15 is 0 Å². The van der Waals surface area contributed by atoms with Crippen LogP contribution in [0.4, 0.5) is 0 Å². The van der Waals surface area contributed by atoms with Crippen molar-refractivity contribution in [2.24, 2.45) is 17.8 Å². The minimum Gasteiger partial charge on any atom is -0.480 e. The molecule has 0 radical (unpaired) electrons. The van der Waals surface area contributed by atoms with E-state index in [4.69, 9.17) is 5.11 Å². The molecule has 0 aromatic rings. The number of amides is 1. The highest BCUT2D eigenvalue weighted by Gasteiger charge is 2.43. The van der Waals surface area contributed by atoms with Crippen molar-refractivity contribution >= 4 is 11.9 Å². The molecule has 0 heterocycles. The molecular weight excluding hydrogens is 206 g/mol. The molecule has 4 unspecified atom stereocenters. The van der Waals surface area contributed by atoms with E-state index in [1.54, 1.807) is 6.92 Å². The lowest BCUT2D eigenvalue weighted by Gasteiger charge is -2.22. The highest BCUT2D eigenvalue weighted by molar-refractivity contribution is 5.85. The second kappa shape index (κ2) is 4.44. The summed E-state index contributed by atoms with van der Waals surface area (Å²) < 4.78 is 0. The summed E-state index contributed by atoms with van der Waals surface area (Å²) in [5.41, 5.74) is 0. The van der Waals surface area contributed by atoms with Gasteiger partial charge in [-0.3, -0.25) is 4.79 Å². The fourth-order valence-electron chi connectivity index (χ4n) is 3.18. The van der Waals surface area contributed by atoms with Gasteiger partial charge in [0.15, 0.2) is 0 Å². The average molecular weight is 225 g/mol. The number of hydrogen-bond acceptors (Lipinski definition) is 2. The Morgan fingerprint density at radius 1 is 1.38 bits per heavy atom. The van der Waals surface area contributed by atoms with Crippen LogP contribution in [0.1, 0.15) is 39.0 Å². The monoisotopic (exact) mass is 225 g/mol. The zero-order valence-electron chi connectivity index (χ0n) is 9.61. The van der Waals surface area contributed by atoms with Crippen molar-refractivity contribution in [3.63, 3.8) is 0 Å². The molecule has 0 aromatic heterocycles. The molecular formula is C12H19NO3. The number of rotatable bonds is 4. The lowest BCUT2D eigenvalue weighted by Crippen LogP contribution is -2.44. The van der Waals surface area contributed by atoms with Crippen molar-refractivity contribution in [1.82, 2.24) is 5.32 Å². The summed E-state index contributed by atoms with van der Waals surface area (Å²) in [5, 5.41) is 11.5. The van der Waals surface area contributed by atoms with Gasteiger partial charge in [0.2, 0.25) is 5.91 Å². The average Bonchev–Trinajstić information content (AvgIpc) is 2.86. The first-order chi connectivity index (χ1) is 7.61. The first-order valence-electron chi connectivity index (χ1n) is 6.15. The normalized spacial score (nSPS) is 33.7. The van der Waals surface area contributed by atoms with E-state index in [0.29, 0.717) is 18.3 Å². The van der Waals surface area contributed by atoms with Crippen molar-refractivity contribution < 1.29 is 14.7 Å².